The van der Waals surface area contributed by atoms with Gasteiger partial charge in [0.1, 0.15) is 6.04 Å². The Morgan fingerprint density at radius 2 is 1.81 bits per heavy atom. The van der Waals surface area contributed by atoms with Crippen LogP contribution in [0.15, 0.2) is 0 Å². The number of nitrogens with two attached hydrogens (primary N) is 2. The van der Waals surface area contributed by atoms with Gasteiger partial charge in [-0.15, -0.1) is 0 Å². The van der Waals surface area contributed by atoms with Gasteiger partial charge >= 0.3 is 11.9 Å². The van der Waals surface area contributed by atoms with E-state index in [0.29, 0.717) is 0 Å². The van der Waals surface area contributed by atoms with Crippen LogP contribution in [0.1, 0.15) is 26.2 Å². The number of carbonyl (C=O) groups excluding carboxylic acids is 1. The Morgan fingerprint density at radius 1 is 1.31 bits per heavy atom. The molecule has 2 atom stereocenters. The molecule has 7 nitrogen and oxygen atoms in total. The number of carboxylic acid groups (broad SMARTS) is 2. The lowest BCUT2D eigenvalue weighted by Crippen LogP contribution is -2.54. The van der Waals surface area contributed by atoms with Gasteiger partial charge in [0.2, 0.25) is 0 Å². The quantitative estimate of drug-likeness (QED) is 0.409. The minimum absolute atomic E-state index is 0.0521. The predicted octanol–water partition coefficient (Wildman–Crippen LogP) is -1.06. The summed E-state index contributed by atoms with van der Waals surface area (Å²) in [6.45, 7) is 1.48. The second-order valence-corrected chi connectivity index (χ2v) is 3.54. The molecule has 0 amide bonds. The van der Waals surface area contributed by atoms with E-state index in [1.54, 1.807) is 0 Å². The normalized spacial score (nSPS) is 16.2. The average Bonchev–Trinajstić information content (AvgIpc) is 2.23. The Kier molecular flexibility index (Phi) is 5.06. The largest absolute Gasteiger partial charge is 0.480 e. The summed E-state index contributed by atoms with van der Waals surface area (Å²) < 4.78 is 0. The smallest absolute Gasteiger partial charge is 0.331 e. The Balaban J connectivity index is 4.46. The Bertz CT molecular complexity index is 304. The monoisotopic (exact) mass is 232 g/mol. The first-order chi connectivity index (χ1) is 7.25. The zero-order valence-corrected chi connectivity index (χ0v) is 8.97. The molecule has 92 valence electrons. The molecule has 0 radical (unpaired) electrons. The zero-order chi connectivity index (χ0) is 12.9. The molecule has 0 saturated heterocycles. The van der Waals surface area contributed by atoms with Gasteiger partial charge in [0.05, 0.1) is 0 Å². The van der Waals surface area contributed by atoms with Crippen LogP contribution in [0.5, 0.6) is 0 Å². The Hall–Kier alpha value is -1.47. The highest BCUT2D eigenvalue weighted by Crippen LogP contribution is 2.12. The van der Waals surface area contributed by atoms with Crippen molar-refractivity contribution in [2.45, 2.75) is 37.8 Å². The van der Waals surface area contributed by atoms with Gasteiger partial charge in [0.15, 0.2) is 11.3 Å². The molecule has 0 aliphatic heterocycles. The SMILES string of the molecule is CCC(N)(C(=O)O)C(=O)CC[C@H](N)C(=O)O. The first-order valence-electron chi connectivity index (χ1n) is 4.79. The topological polar surface area (TPSA) is 144 Å². The van der Waals surface area contributed by atoms with Crippen LogP contribution in [-0.2, 0) is 14.4 Å². The van der Waals surface area contributed by atoms with Crippen LogP contribution < -0.4 is 11.5 Å². The van der Waals surface area contributed by atoms with Crippen molar-refractivity contribution >= 4 is 17.7 Å². The van der Waals surface area contributed by atoms with Crippen LogP contribution in [0, 0.1) is 0 Å². The molecule has 6 N–H and O–H groups in total. The van der Waals surface area contributed by atoms with Crippen LogP contribution >= 0.6 is 0 Å². The second-order valence-electron chi connectivity index (χ2n) is 3.54. The Morgan fingerprint density at radius 3 is 2.12 bits per heavy atom. The minimum atomic E-state index is -1.95. The van der Waals surface area contributed by atoms with Crippen molar-refractivity contribution in [2.24, 2.45) is 11.5 Å². The first kappa shape index (κ1) is 14.5. The number of carbonyl (C=O) groups is 3. The van der Waals surface area contributed by atoms with Crippen molar-refractivity contribution in [3.8, 4) is 0 Å². The van der Waals surface area contributed by atoms with Crippen LogP contribution in [-0.4, -0.2) is 39.5 Å². The molecular weight excluding hydrogens is 216 g/mol. The van der Waals surface area contributed by atoms with Crippen LogP contribution in [0.25, 0.3) is 0 Å². The van der Waals surface area contributed by atoms with Gasteiger partial charge in [-0.2, -0.15) is 0 Å². The van der Waals surface area contributed by atoms with Crippen molar-refractivity contribution in [1.82, 2.24) is 0 Å². The highest BCUT2D eigenvalue weighted by molar-refractivity contribution is 6.07. The summed E-state index contributed by atoms with van der Waals surface area (Å²) in [4.78, 5) is 32.7. The molecule has 0 aromatic heterocycles. The van der Waals surface area contributed by atoms with Gasteiger partial charge in [0, 0.05) is 6.42 Å². The Labute approximate surface area is 92.4 Å². The minimum Gasteiger partial charge on any atom is -0.480 e. The summed E-state index contributed by atoms with van der Waals surface area (Å²) in [5.41, 5.74) is 8.65. The van der Waals surface area contributed by atoms with Crippen LogP contribution in [0.2, 0.25) is 0 Å². The molecular formula is C9H16N2O5. The molecule has 0 aromatic carbocycles. The third kappa shape index (κ3) is 3.28. The van der Waals surface area contributed by atoms with Gasteiger partial charge in [-0.3, -0.25) is 9.59 Å². The van der Waals surface area contributed by atoms with E-state index in [4.69, 9.17) is 21.7 Å². The number of rotatable bonds is 7. The maximum Gasteiger partial charge on any atom is 0.331 e. The average molecular weight is 232 g/mol. The molecule has 0 heterocycles. The molecule has 1 unspecified atom stereocenters. The van der Waals surface area contributed by atoms with Gasteiger partial charge in [-0.25, -0.2) is 4.79 Å². The molecule has 0 saturated carbocycles. The summed E-state index contributed by atoms with van der Waals surface area (Å²) in [6.07, 6.45) is -0.437. The molecule has 0 aliphatic carbocycles. The summed E-state index contributed by atoms with van der Waals surface area (Å²) in [5, 5.41) is 17.3. The van der Waals surface area contributed by atoms with Crippen LogP contribution in [0.3, 0.4) is 0 Å². The fourth-order valence-corrected chi connectivity index (χ4v) is 1.10. The third-order valence-electron chi connectivity index (χ3n) is 2.44. The van der Waals surface area contributed by atoms with Crippen molar-refractivity contribution in [3.05, 3.63) is 0 Å². The maximum absolute atomic E-state index is 11.5. The van der Waals surface area contributed by atoms with Gasteiger partial charge in [0.25, 0.3) is 0 Å². The van der Waals surface area contributed by atoms with Gasteiger partial charge < -0.3 is 21.7 Å². The first-order valence-corrected chi connectivity index (χ1v) is 4.79. The van der Waals surface area contributed by atoms with Crippen molar-refractivity contribution in [1.29, 1.82) is 0 Å². The number of ketones is 1. The predicted molar refractivity (Wildman–Crippen MR) is 54.7 cm³/mol. The van der Waals surface area contributed by atoms with E-state index >= 15 is 0 Å². The number of aliphatic carboxylic acids is 2. The van der Waals surface area contributed by atoms with E-state index in [2.05, 4.69) is 0 Å². The number of Topliss-reactive ketones (excluding diaryl/α,β-unsaturated/α-hetero) is 1. The van der Waals surface area contributed by atoms with E-state index < -0.39 is 29.3 Å². The summed E-state index contributed by atoms with van der Waals surface area (Å²) in [6, 6.07) is -1.18. The number of hydrogen-bond acceptors (Lipinski definition) is 5. The third-order valence-corrected chi connectivity index (χ3v) is 2.44. The highest BCUT2D eigenvalue weighted by Gasteiger charge is 2.39. The van der Waals surface area contributed by atoms with Gasteiger partial charge in [-0.1, -0.05) is 6.92 Å². The van der Waals surface area contributed by atoms with Crippen molar-refractivity contribution in [2.75, 3.05) is 0 Å². The van der Waals surface area contributed by atoms with Gasteiger partial charge in [-0.05, 0) is 12.8 Å². The van der Waals surface area contributed by atoms with Crippen molar-refractivity contribution < 1.29 is 24.6 Å². The fraction of sp³-hybridized carbons (Fsp3) is 0.667. The molecule has 0 rings (SSSR count). The maximum atomic E-state index is 11.5. The van der Waals surface area contributed by atoms with E-state index in [9.17, 15) is 14.4 Å². The number of hydrogen-bond donors (Lipinski definition) is 4. The second kappa shape index (κ2) is 5.57. The zero-order valence-electron chi connectivity index (χ0n) is 8.97. The molecule has 0 spiro atoms. The van der Waals surface area contributed by atoms with E-state index in [1.807, 2.05) is 0 Å². The lowest BCUT2D eigenvalue weighted by molar-refractivity contribution is -0.148. The molecule has 0 aromatic rings. The molecule has 0 bridgehead atoms. The fourth-order valence-electron chi connectivity index (χ4n) is 1.10. The number of carboxylic acids is 2. The standard InChI is InChI=1S/C9H16N2O5/c1-2-9(11,8(15)16)6(12)4-3-5(10)7(13)14/h5H,2-4,10-11H2,1H3,(H,13,14)(H,15,16)/t5-,9?/m0/s1. The van der Waals surface area contributed by atoms with Crippen LogP contribution in [0.4, 0.5) is 0 Å². The lowest BCUT2D eigenvalue weighted by Gasteiger charge is -2.21. The van der Waals surface area contributed by atoms with Crippen molar-refractivity contribution in [3.63, 3.8) is 0 Å². The van der Waals surface area contributed by atoms with E-state index in [1.165, 1.54) is 6.92 Å². The summed E-state index contributed by atoms with van der Waals surface area (Å²) >= 11 is 0. The summed E-state index contributed by atoms with van der Waals surface area (Å²) in [7, 11) is 0. The highest BCUT2D eigenvalue weighted by atomic mass is 16.4. The molecule has 7 heteroatoms. The molecule has 0 fully saturated rings. The molecule has 0 aliphatic rings. The lowest BCUT2D eigenvalue weighted by atomic mass is 9.89. The summed E-state index contributed by atoms with van der Waals surface area (Å²) in [5.74, 6) is -3.36. The van der Waals surface area contributed by atoms with E-state index in [-0.39, 0.29) is 19.3 Å². The molecule has 16 heavy (non-hydrogen) atoms. The van der Waals surface area contributed by atoms with E-state index in [0.717, 1.165) is 0 Å².